The molecule has 0 unspecified atom stereocenters. The van der Waals surface area contributed by atoms with E-state index < -0.39 is 0 Å². The molecule has 1 aromatic heterocycles. The number of aromatic nitrogens is 2. The lowest BCUT2D eigenvalue weighted by Gasteiger charge is -2.27. The van der Waals surface area contributed by atoms with Crippen molar-refractivity contribution < 1.29 is 14.3 Å². The molecule has 0 bridgehead atoms. The van der Waals surface area contributed by atoms with Crippen LogP contribution in [0.25, 0.3) is 0 Å². The summed E-state index contributed by atoms with van der Waals surface area (Å²) >= 11 is 0. The number of aryl methyl sites for hydroxylation is 1. The Labute approximate surface area is 153 Å². The van der Waals surface area contributed by atoms with Crippen LogP contribution in [0.1, 0.15) is 34.7 Å². The van der Waals surface area contributed by atoms with E-state index in [0.29, 0.717) is 62.9 Å². The topological polar surface area (TPSA) is 87.7 Å². The summed E-state index contributed by atoms with van der Waals surface area (Å²) in [5.74, 6) is 0.590. The highest BCUT2D eigenvalue weighted by Gasteiger charge is 2.22. The molecule has 0 atom stereocenters. The van der Waals surface area contributed by atoms with Gasteiger partial charge in [-0.1, -0.05) is 0 Å². The zero-order chi connectivity index (χ0) is 18.4. The molecule has 3 heterocycles. The van der Waals surface area contributed by atoms with E-state index in [1.165, 1.54) is 12.8 Å². The van der Waals surface area contributed by atoms with Gasteiger partial charge >= 0.3 is 0 Å². The molecule has 2 saturated heterocycles. The first-order chi connectivity index (χ1) is 12.6. The van der Waals surface area contributed by atoms with Crippen molar-refractivity contribution in [3.63, 3.8) is 0 Å². The predicted octanol–water partition coefficient (Wildman–Crippen LogP) is 0.0119. The summed E-state index contributed by atoms with van der Waals surface area (Å²) in [4.78, 5) is 37.4. The third kappa shape index (κ3) is 4.98. The first-order valence-electron chi connectivity index (χ1n) is 9.32. The van der Waals surface area contributed by atoms with E-state index in [9.17, 15) is 9.59 Å². The lowest BCUT2D eigenvalue weighted by molar-refractivity contribution is -0.121. The van der Waals surface area contributed by atoms with E-state index in [-0.39, 0.29) is 11.8 Å². The van der Waals surface area contributed by atoms with Gasteiger partial charge in [0.2, 0.25) is 5.91 Å². The second kappa shape index (κ2) is 9.05. The Kier molecular flexibility index (Phi) is 6.51. The highest BCUT2D eigenvalue weighted by molar-refractivity contribution is 5.95. The van der Waals surface area contributed by atoms with Gasteiger partial charge in [0.25, 0.3) is 5.91 Å². The molecular formula is C18H27N5O3. The van der Waals surface area contributed by atoms with Gasteiger partial charge in [0, 0.05) is 32.3 Å². The third-order valence-electron chi connectivity index (χ3n) is 4.77. The minimum Gasteiger partial charge on any atom is -0.378 e. The van der Waals surface area contributed by atoms with Crippen LogP contribution in [0, 0.1) is 6.92 Å². The van der Waals surface area contributed by atoms with Gasteiger partial charge in [-0.05, 0) is 32.9 Å². The van der Waals surface area contributed by atoms with E-state index in [1.54, 1.807) is 18.0 Å². The molecule has 3 rings (SSSR count). The summed E-state index contributed by atoms with van der Waals surface area (Å²) < 4.78 is 5.30. The van der Waals surface area contributed by atoms with Crippen LogP contribution < -0.4 is 5.32 Å². The molecule has 0 aromatic carbocycles. The van der Waals surface area contributed by atoms with Gasteiger partial charge in [-0.15, -0.1) is 0 Å². The average molecular weight is 361 g/mol. The number of ether oxygens (including phenoxy) is 1. The van der Waals surface area contributed by atoms with E-state index in [4.69, 9.17) is 4.74 Å². The van der Waals surface area contributed by atoms with E-state index in [1.807, 2.05) is 0 Å². The molecule has 0 radical (unpaired) electrons. The fourth-order valence-electron chi connectivity index (χ4n) is 3.34. The number of hydrogen-bond acceptors (Lipinski definition) is 6. The molecule has 26 heavy (non-hydrogen) atoms. The van der Waals surface area contributed by atoms with Crippen LogP contribution in [0.4, 0.5) is 0 Å². The summed E-state index contributed by atoms with van der Waals surface area (Å²) in [6.45, 7) is 6.99. The quantitative estimate of drug-likeness (QED) is 0.768. The maximum absolute atomic E-state index is 12.8. The van der Waals surface area contributed by atoms with Crippen LogP contribution in [0.3, 0.4) is 0 Å². The molecule has 142 valence electrons. The fourth-order valence-corrected chi connectivity index (χ4v) is 3.34. The van der Waals surface area contributed by atoms with Gasteiger partial charge in [0.05, 0.1) is 31.0 Å². The Morgan fingerprint density at radius 1 is 1.19 bits per heavy atom. The minimum absolute atomic E-state index is 0.0266. The van der Waals surface area contributed by atoms with Gasteiger partial charge < -0.3 is 15.0 Å². The number of likely N-dealkylation sites (tertiary alicyclic amines) is 1. The molecule has 2 amide bonds. The Morgan fingerprint density at radius 3 is 2.65 bits per heavy atom. The Bertz CT molecular complexity index is 640. The maximum atomic E-state index is 12.8. The SMILES string of the molecule is Cc1ncc(C(=O)N2CCOCC2)c(CCNC(=O)CN2CCCC2)n1. The number of nitrogens with one attached hydrogen (secondary N) is 1. The molecule has 8 nitrogen and oxygen atoms in total. The Morgan fingerprint density at radius 2 is 1.92 bits per heavy atom. The van der Waals surface area contributed by atoms with E-state index >= 15 is 0 Å². The fraction of sp³-hybridized carbons (Fsp3) is 0.667. The largest absolute Gasteiger partial charge is 0.378 e. The second-order valence-electron chi connectivity index (χ2n) is 6.77. The molecule has 0 spiro atoms. The van der Waals surface area contributed by atoms with Crippen molar-refractivity contribution in [1.29, 1.82) is 0 Å². The third-order valence-corrected chi connectivity index (χ3v) is 4.77. The standard InChI is InChI=1S/C18H27N5O3/c1-14-20-12-15(18(25)23-8-10-26-11-9-23)16(21-14)4-5-19-17(24)13-22-6-2-3-7-22/h12H,2-11,13H2,1H3,(H,19,24). The Hall–Kier alpha value is -2.06. The summed E-state index contributed by atoms with van der Waals surface area (Å²) in [6, 6.07) is 0. The van der Waals surface area contributed by atoms with Crippen LogP contribution in [0.15, 0.2) is 6.20 Å². The van der Waals surface area contributed by atoms with Crippen LogP contribution >= 0.6 is 0 Å². The van der Waals surface area contributed by atoms with Crippen molar-refractivity contribution in [2.45, 2.75) is 26.2 Å². The first-order valence-corrected chi connectivity index (χ1v) is 9.32. The van der Waals surface area contributed by atoms with E-state index in [2.05, 4.69) is 20.2 Å². The van der Waals surface area contributed by atoms with Gasteiger partial charge in [-0.3, -0.25) is 14.5 Å². The predicted molar refractivity (Wildman–Crippen MR) is 95.9 cm³/mol. The van der Waals surface area contributed by atoms with Gasteiger partial charge in [0.15, 0.2) is 0 Å². The molecule has 2 aliphatic rings. The monoisotopic (exact) mass is 361 g/mol. The molecule has 0 saturated carbocycles. The van der Waals surface area contributed by atoms with Gasteiger partial charge in [0.1, 0.15) is 5.82 Å². The Balaban J connectivity index is 1.56. The average Bonchev–Trinajstić information content (AvgIpc) is 3.15. The molecule has 1 aromatic rings. The van der Waals surface area contributed by atoms with Crippen molar-refractivity contribution in [3.05, 3.63) is 23.3 Å². The van der Waals surface area contributed by atoms with Crippen LogP contribution in [-0.2, 0) is 16.0 Å². The number of morpholine rings is 1. The number of nitrogens with zero attached hydrogens (tertiary/aromatic N) is 4. The van der Waals surface area contributed by atoms with Gasteiger partial charge in [-0.2, -0.15) is 0 Å². The number of carbonyl (C=O) groups is 2. The molecule has 8 heteroatoms. The summed E-state index contributed by atoms with van der Waals surface area (Å²) in [6.07, 6.45) is 4.45. The van der Waals surface area contributed by atoms with Crippen LogP contribution in [-0.4, -0.2) is 84.1 Å². The number of hydrogen-bond donors (Lipinski definition) is 1. The maximum Gasteiger partial charge on any atom is 0.257 e. The number of carbonyl (C=O) groups excluding carboxylic acids is 2. The summed E-state index contributed by atoms with van der Waals surface area (Å²) in [7, 11) is 0. The van der Waals surface area contributed by atoms with Crippen molar-refractivity contribution >= 4 is 11.8 Å². The molecule has 0 aliphatic carbocycles. The summed E-state index contributed by atoms with van der Waals surface area (Å²) in [5.41, 5.74) is 1.21. The van der Waals surface area contributed by atoms with E-state index in [0.717, 1.165) is 13.1 Å². The number of rotatable bonds is 6. The second-order valence-corrected chi connectivity index (χ2v) is 6.77. The lowest BCUT2D eigenvalue weighted by atomic mass is 10.1. The minimum atomic E-state index is -0.0632. The number of amides is 2. The first kappa shape index (κ1) is 18.7. The zero-order valence-corrected chi connectivity index (χ0v) is 15.4. The van der Waals surface area contributed by atoms with Crippen LogP contribution in [0.2, 0.25) is 0 Å². The summed E-state index contributed by atoms with van der Waals surface area (Å²) in [5, 5.41) is 2.94. The highest BCUT2D eigenvalue weighted by Crippen LogP contribution is 2.12. The van der Waals surface area contributed by atoms with Crippen molar-refractivity contribution in [2.24, 2.45) is 0 Å². The van der Waals surface area contributed by atoms with Crippen molar-refractivity contribution in [3.8, 4) is 0 Å². The smallest absolute Gasteiger partial charge is 0.257 e. The van der Waals surface area contributed by atoms with Crippen molar-refractivity contribution in [1.82, 2.24) is 25.1 Å². The molecule has 2 aliphatic heterocycles. The van der Waals surface area contributed by atoms with Gasteiger partial charge in [-0.25, -0.2) is 9.97 Å². The molecular weight excluding hydrogens is 334 g/mol. The highest BCUT2D eigenvalue weighted by atomic mass is 16.5. The van der Waals surface area contributed by atoms with Crippen molar-refractivity contribution in [2.75, 3.05) is 52.5 Å². The zero-order valence-electron chi connectivity index (χ0n) is 15.4. The normalized spacial score (nSPS) is 18.1. The molecule has 2 fully saturated rings. The molecule has 1 N–H and O–H groups in total. The van der Waals surface area contributed by atoms with Crippen LogP contribution in [0.5, 0.6) is 0 Å². The lowest BCUT2D eigenvalue weighted by Crippen LogP contribution is -2.41.